The molecular weight excluding hydrogens is 190 g/mol. The fourth-order valence-corrected chi connectivity index (χ4v) is 0.859. The molecule has 0 atom stereocenters. The first kappa shape index (κ1) is 9.47. The molecule has 6 heteroatoms. The quantitative estimate of drug-likeness (QED) is 0.730. The second-order valence-corrected chi connectivity index (χ2v) is 2.23. The van der Waals surface area contributed by atoms with Gasteiger partial charge in [-0.3, -0.25) is 0 Å². The number of nitrogens with zero attached hydrogens (tertiary/aromatic N) is 4. The molecular formula is C7H8ClN5. The molecule has 0 aliphatic carbocycles. The molecule has 2 aromatic heterocycles. The fourth-order valence-electron chi connectivity index (χ4n) is 0.859. The van der Waals surface area contributed by atoms with Gasteiger partial charge in [-0.25, -0.2) is 9.67 Å². The van der Waals surface area contributed by atoms with Crippen molar-refractivity contribution >= 4 is 18.2 Å². The van der Waals surface area contributed by atoms with E-state index in [2.05, 4.69) is 15.1 Å². The zero-order valence-corrected chi connectivity index (χ0v) is 7.48. The number of hydrogen-bond acceptors (Lipinski definition) is 4. The highest BCUT2D eigenvalue weighted by atomic mass is 35.5. The Morgan fingerprint density at radius 2 is 2.15 bits per heavy atom. The summed E-state index contributed by atoms with van der Waals surface area (Å²) < 4.78 is 1.55. The maximum absolute atomic E-state index is 5.47. The van der Waals surface area contributed by atoms with Crippen molar-refractivity contribution in [3.63, 3.8) is 0 Å². The summed E-state index contributed by atoms with van der Waals surface area (Å²) >= 11 is 0. The molecule has 0 spiro atoms. The number of halogens is 1. The molecule has 5 nitrogen and oxygen atoms in total. The van der Waals surface area contributed by atoms with Crippen LogP contribution in [0.3, 0.4) is 0 Å². The van der Waals surface area contributed by atoms with Gasteiger partial charge in [-0.1, -0.05) is 0 Å². The van der Waals surface area contributed by atoms with Crippen molar-refractivity contribution in [3.05, 3.63) is 30.7 Å². The van der Waals surface area contributed by atoms with Gasteiger partial charge in [0.25, 0.3) is 5.95 Å². The van der Waals surface area contributed by atoms with E-state index in [0.29, 0.717) is 11.8 Å². The average molecular weight is 198 g/mol. The van der Waals surface area contributed by atoms with Crippen LogP contribution in [0.1, 0.15) is 0 Å². The SMILES string of the molecule is Cl.Nc1ccnc(-n2cccn2)n1. The van der Waals surface area contributed by atoms with E-state index in [-0.39, 0.29) is 12.4 Å². The summed E-state index contributed by atoms with van der Waals surface area (Å²) in [6, 6.07) is 3.43. The maximum atomic E-state index is 5.47. The summed E-state index contributed by atoms with van der Waals surface area (Å²) in [5.41, 5.74) is 5.47. The van der Waals surface area contributed by atoms with Crippen LogP contribution in [0.5, 0.6) is 0 Å². The Bertz CT molecular complexity index is 372. The molecule has 0 aromatic carbocycles. The molecule has 0 bridgehead atoms. The summed E-state index contributed by atoms with van der Waals surface area (Å²) in [4.78, 5) is 7.97. The molecule has 2 N–H and O–H groups in total. The van der Waals surface area contributed by atoms with Crippen molar-refractivity contribution in [2.45, 2.75) is 0 Å². The fraction of sp³-hybridized carbons (Fsp3) is 0. The van der Waals surface area contributed by atoms with E-state index in [1.54, 1.807) is 35.4 Å². The van der Waals surface area contributed by atoms with Crippen molar-refractivity contribution in [2.75, 3.05) is 5.73 Å². The molecule has 0 aliphatic rings. The molecule has 0 saturated carbocycles. The van der Waals surface area contributed by atoms with Crippen molar-refractivity contribution in [1.82, 2.24) is 19.7 Å². The Balaban J connectivity index is 0.000000845. The van der Waals surface area contributed by atoms with Gasteiger partial charge in [0.15, 0.2) is 0 Å². The maximum Gasteiger partial charge on any atom is 0.252 e. The van der Waals surface area contributed by atoms with Gasteiger partial charge in [0.2, 0.25) is 0 Å². The Kier molecular flexibility index (Phi) is 2.81. The summed E-state index contributed by atoms with van der Waals surface area (Å²) in [7, 11) is 0. The van der Waals surface area contributed by atoms with E-state index < -0.39 is 0 Å². The minimum atomic E-state index is 0. The Morgan fingerprint density at radius 3 is 2.77 bits per heavy atom. The molecule has 2 heterocycles. The third kappa shape index (κ3) is 1.94. The van der Waals surface area contributed by atoms with E-state index >= 15 is 0 Å². The standard InChI is InChI=1S/C7H7N5.ClH/c8-6-2-4-9-7(11-6)12-5-1-3-10-12;/h1-5H,(H2,8,9,11);1H. The van der Waals surface area contributed by atoms with Crippen LogP contribution in [-0.2, 0) is 0 Å². The highest BCUT2D eigenvalue weighted by Gasteiger charge is 1.97. The lowest BCUT2D eigenvalue weighted by atomic mass is 10.6. The molecule has 13 heavy (non-hydrogen) atoms. The minimum Gasteiger partial charge on any atom is -0.384 e. The second-order valence-electron chi connectivity index (χ2n) is 2.23. The van der Waals surface area contributed by atoms with E-state index in [0.717, 1.165) is 0 Å². The van der Waals surface area contributed by atoms with Crippen LogP contribution in [0.4, 0.5) is 5.82 Å². The Morgan fingerprint density at radius 1 is 1.31 bits per heavy atom. The first-order valence-electron chi connectivity index (χ1n) is 3.45. The number of anilines is 1. The topological polar surface area (TPSA) is 69.6 Å². The van der Waals surface area contributed by atoms with E-state index in [1.165, 1.54) is 0 Å². The normalized spacial score (nSPS) is 9.23. The van der Waals surface area contributed by atoms with Gasteiger partial charge in [-0.15, -0.1) is 12.4 Å². The number of aromatic nitrogens is 4. The van der Waals surface area contributed by atoms with Gasteiger partial charge >= 0.3 is 0 Å². The van der Waals surface area contributed by atoms with Crippen LogP contribution >= 0.6 is 12.4 Å². The summed E-state index contributed by atoms with van der Waals surface area (Å²) in [6.07, 6.45) is 5.01. The van der Waals surface area contributed by atoms with Crippen molar-refractivity contribution in [1.29, 1.82) is 0 Å². The highest BCUT2D eigenvalue weighted by Crippen LogP contribution is 2.00. The second kappa shape index (κ2) is 3.86. The number of rotatable bonds is 1. The summed E-state index contributed by atoms with van der Waals surface area (Å²) in [5, 5.41) is 3.96. The average Bonchev–Trinajstić information content (AvgIpc) is 2.56. The van der Waals surface area contributed by atoms with Crippen molar-refractivity contribution < 1.29 is 0 Å². The first-order valence-corrected chi connectivity index (χ1v) is 3.45. The largest absolute Gasteiger partial charge is 0.384 e. The van der Waals surface area contributed by atoms with Gasteiger partial charge < -0.3 is 5.73 Å². The highest BCUT2D eigenvalue weighted by molar-refractivity contribution is 5.85. The molecule has 2 aromatic rings. The molecule has 0 unspecified atom stereocenters. The van der Waals surface area contributed by atoms with Gasteiger partial charge in [-0.05, 0) is 12.1 Å². The van der Waals surface area contributed by atoms with Gasteiger partial charge in [0, 0.05) is 18.6 Å². The van der Waals surface area contributed by atoms with Crippen LogP contribution in [0.2, 0.25) is 0 Å². The third-order valence-corrected chi connectivity index (χ3v) is 1.37. The molecule has 0 amide bonds. The van der Waals surface area contributed by atoms with Crippen LogP contribution < -0.4 is 5.73 Å². The molecule has 0 aliphatic heterocycles. The van der Waals surface area contributed by atoms with Gasteiger partial charge in [-0.2, -0.15) is 10.1 Å². The monoisotopic (exact) mass is 197 g/mol. The van der Waals surface area contributed by atoms with Gasteiger partial charge in [0.1, 0.15) is 5.82 Å². The summed E-state index contributed by atoms with van der Waals surface area (Å²) in [6.45, 7) is 0. The van der Waals surface area contributed by atoms with Crippen LogP contribution in [-0.4, -0.2) is 19.7 Å². The lowest BCUT2D eigenvalue weighted by Gasteiger charge is -1.98. The Labute approximate surface area is 81.0 Å². The zero-order chi connectivity index (χ0) is 8.39. The van der Waals surface area contributed by atoms with E-state index in [9.17, 15) is 0 Å². The molecule has 68 valence electrons. The van der Waals surface area contributed by atoms with E-state index in [1.807, 2.05) is 0 Å². The van der Waals surface area contributed by atoms with E-state index in [4.69, 9.17) is 5.73 Å². The number of nitrogen functional groups attached to an aromatic ring is 1. The first-order chi connectivity index (χ1) is 5.86. The molecule has 0 saturated heterocycles. The predicted octanol–water partition coefficient (Wildman–Crippen LogP) is 0.666. The van der Waals surface area contributed by atoms with Crippen LogP contribution in [0.25, 0.3) is 5.95 Å². The summed E-state index contributed by atoms with van der Waals surface area (Å²) in [5.74, 6) is 0.926. The lowest BCUT2D eigenvalue weighted by Crippen LogP contribution is -2.02. The molecule has 0 radical (unpaired) electrons. The third-order valence-electron chi connectivity index (χ3n) is 1.37. The smallest absolute Gasteiger partial charge is 0.252 e. The molecule has 2 rings (SSSR count). The van der Waals surface area contributed by atoms with Gasteiger partial charge in [0.05, 0.1) is 0 Å². The predicted molar refractivity (Wildman–Crippen MR) is 50.8 cm³/mol. The Hall–Kier alpha value is -1.62. The van der Waals surface area contributed by atoms with Crippen LogP contribution in [0, 0.1) is 0 Å². The lowest BCUT2D eigenvalue weighted by molar-refractivity contribution is 0.810. The van der Waals surface area contributed by atoms with Crippen molar-refractivity contribution in [3.8, 4) is 5.95 Å². The number of nitrogens with two attached hydrogens (primary N) is 1. The molecule has 0 fully saturated rings. The van der Waals surface area contributed by atoms with Crippen molar-refractivity contribution in [2.24, 2.45) is 0 Å². The van der Waals surface area contributed by atoms with Crippen LogP contribution in [0.15, 0.2) is 30.7 Å². The number of hydrogen-bond donors (Lipinski definition) is 1. The zero-order valence-electron chi connectivity index (χ0n) is 6.66. The minimum absolute atomic E-state index is 0.